The Morgan fingerprint density at radius 2 is 0.719 bits per heavy atom. The Hall–Kier alpha value is -7.93. The van der Waals surface area contributed by atoms with Gasteiger partial charge in [0.15, 0.2) is 0 Å². The van der Waals surface area contributed by atoms with Gasteiger partial charge in [0.1, 0.15) is 0 Å². The van der Waals surface area contributed by atoms with Crippen LogP contribution < -0.4 is 65.8 Å². The van der Waals surface area contributed by atoms with Gasteiger partial charge in [-0.05, 0) is 126 Å². The molecule has 20 nitrogen and oxygen atoms in total. The minimum Gasteiger partial charge on any atom is -0.481 e. The summed E-state index contributed by atoms with van der Waals surface area (Å²) in [7, 11) is 0. The van der Waals surface area contributed by atoms with E-state index in [2.05, 4.69) is 49.9 Å². The van der Waals surface area contributed by atoms with Crippen molar-refractivity contribution in [1.82, 2.24) is 29.9 Å². The normalized spacial score (nSPS) is 9.95. The number of carbonyl (C=O) groups is 1. The molecule has 0 amide bonds. The zero-order chi connectivity index (χ0) is 45.6. The quantitative estimate of drug-likeness (QED) is 0.0260. The summed E-state index contributed by atoms with van der Waals surface area (Å²) in [6, 6.07) is 23.1. The maximum absolute atomic E-state index is 10.5. The first-order valence-corrected chi connectivity index (χ1v) is 19.6. The van der Waals surface area contributed by atoms with Crippen LogP contribution >= 0.6 is 0 Å². The Morgan fingerprint density at radius 3 is 1.00 bits per heavy atom. The third-order valence-electron chi connectivity index (χ3n) is 8.67. The Morgan fingerprint density at radius 1 is 0.453 bits per heavy atom. The topological polar surface area (TPSA) is 379 Å². The van der Waals surface area contributed by atoms with E-state index >= 15 is 0 Å². The van der Waals surface area contributed by atoms with Crippen LogP contribution in [0.4, 0.5) is 0 Å². The van der Waals surface area contributed by atoms with Gasteiger partial charge in [0.05, 0.1) is 60.3 Å². The summed E-state index contributed by atoms with van der Waals surface area (Å²) in [6.07, 6.45) is 12.0. The fourth-order valence-corrected chi connectivity index (χ4v) is 5.60. The van der Waals surface area contributed by atoms with Crippen molar-refractivity contribution >= 4 is 29.8 Å². The number of aryl methyl sites for hydroxylation is 2. The van der Waals surface area contributed by atoms with Crippen molar-refractivity contribution in [3.63, 3.8) is 0 Å². The first-order chi connectivity index (χ1) is 30.2. The second-order valence-electron chi connectivity index (χ2n) is 13.9. The molecule has 0 fully saturated rings. The zero-order valence-electron chi connectivity index (χ0n) is 35.4. The van der Waals surface area contributed by atoms with Crippen LogP contribution in [-0.2, 0) is 56.9 Å². The first-order valence-electron chi connectivity index (χ1n) is 19.6. The van der Waals surface area contributed by atoms with Crippen molar-refractivity contribution in [1.29, 1.82) is 0 Å². The van der Waals surface area contributed by atoms with Gasteiger partial charge >= 0.3 is 29.8 Å². The molecule has 0 saturated heterocycles. The van der Waals surface area contributed by atoms with Gasteiger partial charge in [0, 0.05) is 63.1 Å². The largest absolute Gasteiger partial charge is 0.481 e. The van der Waals surface area contributed by atoms with Crippen LogP contribution in [-0.4, -0.2) is 64.8 Å². The van der Waals surface area contributed by atoms with Crippen molar-refractivity contribution in [3.8, 4) is 34.2 Å². The molecule has 6 aromatic rings. The fraction of sp³-hybridized carbons (Fsp3) is 0.186. The molecule has 0 radical (unpaired) electrons. The van der Waals surface area contributed by atoms with Crippen molar-refractivity contribution in [2.75, 3.05) is 0 Å². The second kappa shape index (κ2) is 26.4. The number of carboxylic acids is 1. The molecular weight excluding hydrogens is 902 g/mol. The number of nitrogens with zero attached hydrogens (tertiary/aromatic N) is 6. The van der Waals surface area contributed by atoms with Gasteiger partial charge in [0.25, 0.3) is 0 Å². The number of aromatic nitrogens is 6. The maximum Gasteiger partial charge on any atom is 0.339 e. The van der Waals surface area contributed by atoms with Gasteiger partial charge in [-0.3, -0.25) is 101 Å². The van der Waals surface area contributed by atoms with E-state index < -0.39 is 5.97 Å². The average Bonchev–Trinajstić information content (AvgIpc) is 3.27. The fourth-order valence-electron chi connectivity index (χ4n) is 5.60. The van der Waals surface area contributed by atoms with Crippen LogP contribution in [0.25, 0.3) is 34.2 Å². The summed E-state index contributed by atoms with van der Waals surface area (Å²) in [6.45, 7) is 4.12. The number of nitrogens with one attached hydrogen (secondary N) is 4. The van der Waals surface area contributed by atoms with Crippen LogP contribution in [0.3, 0.4) is 0 Å². The van der Waals surface area contributed by atoms with Crippen LogP contribution in [0, 0.1) is 6.92 Å². The maximum atomic E-state index is 10.5. The number of nitrogens with two attached hydrogens (primary N) is 8. The Labute approximate surface area is 383 Å². The molecule has 6 heterocycles. The van der Waals surface area contributed by atoms with Gasteiger partial charge in [-0.25, -0.2) is 0 Å². The van der Waals surface area contributed by atoms with Gasteiger partial charge in [-0.2, -0.15) is 0 Å². The summed E-state index contributed by atoms with van der Waals surface area (Å²) < 4.78 is 0. The first kappa shape index (κ1) is 50.4. The number of pyridine rings is 6. The van der Waals surface area contributed by atoms with Crippen LogP contribution in [0.1, 0.15) is 46.2 Å². The summed E-state index contributed by atoms with van der Waals surface area (Å²) in [5.41, 5.74) is 54.1. The minimum atomic E-state index is -0.755. The monoisotopic (exact) mass is 958 g/mol. The summed E-state index contributed by atoms with van der Waals surface area (Å²) in [5, 5.41) is 8.63. The number of hydrogen-bond acceptors (Lipinski definition) is 7. The van der Waals surface area contributed by atoms with E-state index in [-0.39, 0.29) is 49.7 Å². The van der Waals surface area contributed by atoms with Crippen LogP contribution in [0.15, 0.2) is 110 Å². The molecule has 64 heavy (non-hydrogen) atoms. The molecular formula is C43H56N18O2Ru+4. The van der Waals surface area contributed by atoms with Gasteiger partial charge in [0.2, 0.25) is 0 Å². The Balaban J connectivity index is 0.000000254. The zero-order valence-corrected chi connectivity index (χ0v) is 37.1. The van der Waals surface area contributed by atoms with Gasteiger partial charge < -0.3 is 5.11 Å². The molecule has 0 spiro atoms. The summed E-state index contributed by atoms with van der Waals surface area (Å²) in [5.74, 6) is -0.0321. The summed E-state index contributed by atoms with van der Waals surface area (Å²) >= 11 is 0. The molecule has 0 saturated carbocycles. The van der Waals surface area contributed by atoms with E-state index in [1.165, 1.54) is 0 Å². The molecule has 6 rings (SSSR count). The molecule has 0 aromatic carbocycles. The van der Waals surface area contributed by atoms with E-state index in [0.29, 0.717) is 32.6 Å². The molecule has 0 aliphatic heterocycles. The average molecular weight is 958 g/mol. The molecule has 0 unspecified atom stereocenters. The van der Waals surface area contributed by atoms with Crippen molar-refractivity contribution in [2.24, 2.45) is 45.9 Å². The predicted molar refractivity (Wildman–Crippen MR) is 240 cm³/mol. The third kappa shape index (κ3) is 18.8. The van der Waals surface area contributed by atoms with E-state index in [9.17, 15) is 4.79 Å². The van der Waals surface area contributed by atoms with Gasteiger partial charge in [-0.15, -0.1) is 0 Å². The third-order valence-corrected chi connectivity index (χ3v) is 8.67. The number of carboxylic acid groups (broad SMARTS) is 1. The van der Waals surface area contributed by atoms with E-state index in [0.717, 1.165) is 74.0 Å². The van der Waals surface area contributed by atoms with Gasteiger partial charge in [-0.1, -0.05) is 0 Å². The molecule has 0 aliphatic rings. The van der Waals surface area contributed by atoms with Crippen molar-refractivity contribution in [3.05, 3.63) is 143 Å². The standard InChI is InChI=1S/C15H16N2O2.2C14H18N8.Ru/c1-11-5-7-16-13(9-11)14-10-12(6-8-17-14)3-2-4-15(18)19;2*15-13(16)21-7-9-1-3-19-11(5-9)12-6-10(2-4-20-12)8-22-14(17)18;/h5-10H,2-4H2,1H3,(H,18,19);2*1-6H,7-8H2,(H4,15,16,21)(H4,17,18,22);/p+4. The Kier molecular flexibility index (Phi) is 20.8. The molecule has 334 valence electrons. The van der Waals surface area contributed by atoms with Crippen LogP contribution in [0.2, 0.25) is 0 Å². The Bertz CT molecular complexity index is 2300. The molecule has 0 bridgehead atoms. The number of rotatable bonds is 15. The molecule has 0 atom stereocenters. The van der Waals surface area contributed by atoms with E-state index in [1.807, 2.05) is 79.7 Å². The molecule has 21 heteroatoms. The van der Waals surface area contributed by atoms with Crippen molar-refractivity contribution < 1.29 is 49.3 Å². The van der Waals surface area contributed by atoms with E-state index in [4.69, 9.17) is 51.0 Å². The van der Waals surface area contributed by atoms with Crippen molar-refractivity contribution in [2.45, 2.75) is 52.4 Å². The SMILES string of the molecule is Cc1ccnc(-c2cc(CCCC(=O)O)ccn2)c1.NC(N)=[NH+]Cc1ccnc(-c2cc(C[NH+]=C(N)N)ccn2)c1.NC(N)=[NH+]Cc1ccnc(-c2cc(C[NH+]=C(N)N)ccn2)c1.[Ru]. The molecule has 21 N–H and O–H groups in total. The number of hydrogen-bond donors (Lipinski definition) is 13. The summed E-state index contributed by atoms with van der Waals surface area (Å²) in [4.78, 5) is 47.9. The minimum absolute atomic E-state index is 0. The number of guanidine groups is 4. The smallest absolute Gasteiger partial charge is 0.339 e. The molecule has 0 aliphatic carbocycles. The second-order valence-corrected chi connectivity index (χ2v) is 13.9. The van der Waals surface area contributed by atoms with E-state index in [1.54, 1.807) is 37.2 Å². The predicted octanol–water partition coefficient (Wildman–Crippen LogP) is -5.44. The number of aliphatic carboxylic acids is 1. The molecule has 6 aromatic heterocycles. The van der Waals surface area contributed by atoms with Crippen LogP contribution in [0.5, 0.6) is 0 Å².